The van der Waals surface area contributed by atoms with Gasteiger partial charge in [-0.3, -0.25) is 4.79 Å². The SMILES string of the molecule is O=C(Cc1cnn(-c2ccccc2)c1)Nc1ccc(OC(F)(F)F)cc1. The summed E-state index contributed by atoms with van der Waals surface area (Å²) in [4.78, 5) is 12.1. The van der Waals surface area contributed by atoms with Crippen molar-refractivity contribution in [3.05, 3.63) is 72.6 Å². The number of halogens is 3. The number of benzene rings is 2. The number of aromatic nitrogens is 2. The zero-order valence-corrected chi connectivity index (χ0v) is 13.4. The number of hydrogen-bond donors (Lipinski definition) is 1. The number of hydrogen-bond acceptors (Lipinski definition) is 3. The quantitative estimate of drug-likeness (QED) is 0.749. The molecule has 0 saturated carbocycles. The molecule has 5 nitrogen and oxygen atoms in total. The lowest BCUT2D eigenvalue weighted by molar-refractivity contribution is -0.274. The van der Waals surface area contributed by atoms with Gasteiger partial charge in [0.2, 0.25) is 5.91 Å². The van der Waals surface area contributed by atoms with E-state index in [1.54, 1.807) is 17.1 Å². The molecule has 26 heavy (non-hydrogen) atoms. The van der Waals surface area contributed by atoms with Crippen molar-refractivity contribution in [3.63, 3.8) is 0 Å². The van der Waals surface area contributed by atoms with Gasteiger partial charge in [-0.1, -0.05) is 18.2 Å². The molecule has 1 amide bonds. The summed E-state index contributed by atoms with van der Waals surface area (Å²) in [6.45, 7) is 0. The van der Waals surface area contributed by atoms with E-state index in [9.17, 15) is 18.0 Å². The number of nitrogens with one attached hydrogen (secondary N) is 1. The average Bonchev–Trinajstić information content (AvgIpc) is 3.04. The summed E-state index contributed by atoms with van der Waals surface area (Å²) in [6.07, 6.45) is -1.32. The molecule has 3 rings (SSSR count). The molecule has 1 aromatic heterocycles. The van der Waals surface area contributed by atoms with Crippen LogP contribution in [0, 0.1) is 0 Å². The first kappa shape index (κ1) is 17.5. The van der Waals surface area contributed by atoms with Gasteiger partial charge in [-0.05, 0) is 42.0 Å². The summed E-state index contributed by atoms with van der Waals surface area (Å²) in [5, 5.41) is 6.82. The number of alkyl halides is 3. The van der Waals surface area contributed by atoms with Crippen molar-refractivity contribution < 1.29 is 22.7 Å². The minimum atomic E-state index is -4.75. The summed E-state index contributed by atoms with van der Waals surface area (Å²) < 4.78 is 41.8. The molecule has 0 bridgehead atoms. The topological polar surface area (TPSA) is 56.2 Å². The number of nitrogens with zero attached hydrogens (tertiary/aromatic N) is 2. The van der Waals surface area contributed by atoms with Crippen molar-refractivity contribution in [2.45, 2.75) is 12.8 Å². The zero-order valence-electron chi connectivity index (χ0n) is 13.4. The number of rotatable bonds is 5. The molecular formula is C18H14F3N3O2. The highest BCUT2D eigenvalue weighted by Crippen LogP contribution is 2.24. The Morgan fingerprint density at radius 1 is 1.08 bits per heavy atom. The second kappa shape index (κ2) is 7.30. The Labute approximate surface area is 147 Å². The van der Waals surface area contributed by atoms with Crippen LogP contribution in [0.2, 0.25) is 0 Å². The minimum absolute atomic E-state index is 0.0909. The molecule has 0 radical (unpaired) electrons. The third-order valence-electron chi connectivity index (χ3n) is 3.39. The van der Waals surface area contributed by atoms with Gasteiger partial charge in [-0.15, -0.1) is 13.2 Å². The van der Waals surface area contributed by atoms with Gasteiger partial charge < -0.3 is 10.1 Å². The maximum atomic E-state index is 12.1. The first-order valence-electron chi connectivity index (χ1n) is 7.64. The van der Waals surface area contributed by atoms with Crippen molar-refractivity contribution >= 4 is 11.6 Å². The maximum Gasteiger partial charge on any atom is 0.573 e. The summed E-state index contributed by atoms with van der Waals surface area (Å²) >= 11 is 0. The van der Waals surface area contributed by atoms with Gasteiger partial charge in [0, 0.05) is 11.9 Å². The van der Waals surface area contributed by atoms with Crippen LogP contribution >= 0.6 is 0 Å². The van der Waals surface area contributed by atoms with E-state index < -0.39 is 6.36 Å². The Balaban J connectivity index is 1.58. The van der Waals surface area contributed by atoms with E-state index in [0.29, 0.717) is 11.3 Å². The summed E-state index contributed by atoms with van der Waals surface area (Å²) in [7, 11) is 0. The molecular weight excluding hydrogens is 347 g/mol. The first-order valence-corrected chi connectivity index (χ1v) is 7.64. The molecule has 0 aliphatic rings. The van der Waals surface area contributed by atoms with Crippen LogP contribution < -0.4 is 10.1 Å². The standard InChI is InChI=1S/C18H14F3N3O2/c19-18(20,21)26-16-8-6-14(7-9-16)23-17(25)10-13-11-22-24(12-13)15-4-2-1-3-5-15/h1-9,11-12H,10H2,(H,23,25). The van der Waals surface area contributed by atoms with Gasteiger partial charge in [-0.2, -0.15) is 5.10 Å². The monoisotopic (exact) mass is 361 g/mol. The predicted molar refractivity (Wildman–Crippen MR) is 89.0 cm³/mol. The van der Waals surface area contributed by atoms with Gasteiger partial charge in [0.1, 0.15) is 5.75 Å². The summed E-state index contributed by atoms with van der Waals surface area (Å²) in [6, 6.07) is 14.4. The van der Waals surface area contributed by atoms with Crippen molar-refractivity contribution in [1.82, 2.24) is 9.78 Å². The number of amides is 1. The van der Waals surface area contributed by atoms with E-state index in [2.05, 4.69) is 15.2 Å². The largest absolute Gasteiger partial charge is 0.573 e. The summed E-state index contributed by atoms with van der Waals surface area (Å²) in [5.41, 5.74) is 1.96. The molecule has 0 spiro atoms. The highest BCUT2D eigenvalue weighted by molar-refractivity contribution is 5.92. The average molecular weight is 361 g/mol. The van der Waals surface area contributed by atoms with E-state index in [0.717, 1.165) is 17.8 Å². The van der Waals surface area contributed by atoms with Crippen LogP contribution in [0.4, 0.5) is 18.9 Å². The summed E-state index contributed by atoms with van der Waals surface area (Å²) in [5.74, 6) is -0.651. The third-order valence-corrected chi connectivity index (χ3v) is 3.39. The van der Waals surface area contributed by atoms with Crippen LogP contribution in [0.15, 0.2) is 67.0 Å². The number of para-hydroxylation sites is 1. The Kier molecular flexibility index (Phi) is 4.92. The fourth-order valence-corrected chi connectivity index (χ4v) is 2.30. The molecule has 0 atom stereocenters. The Bertz CT molecular complexity index is 875. The number of anilines is 1. The third kappa shape index (κ3) is 4.85. The molecule has 3 aromatic rings. The number of carbonyl (C=O) groups excluding carboxylic acids is 1. The Morgan fingerprint density at radius 2 is 1.77 bits per heavy atom. The van der Waals surface area contributed by atoms with E-state index >= 15 is 0 Å². The smallest absolute Gasteiger partial charge is 0.406 e. The molecule has 134 valence electrons. The lowest BCUT2D eigenvalue weighted by Gasteiger charge is -2.09. The zero-order chi connectivity index (χ0) is 18.6. The second-order valence-electron chi connectivity index (χ2n) is 5.43. The van der Waals surface area contributed by atoms with Crippen molar-refractivity contribution in [2.24, 2.45) is 0 Å². The molecule has 1 N–H and O–H groups in total. The van der Waals surface area contributed by atoms with Gasteiger partial charge in [0.15, 0.2) is 0 Å². The van der Waals surface area contributed by atoms with Crippen molar-refractivity contribution in [1.29, 1.82) is 0 Å². The minimum Gasteiger partial charge on any atom is -0.406 e. The van der Waals surface area contributed by atoms with E-state index in [4.69, 9.17) is 0 Å². The van der Waals surface area contributed by atoms with Gasteiger partial charge >= 0.3 is 6.36 Å². The molecule has 0 fully saturated rings. The van der Waals surface area contributed by atoms with Crippen LogP contribution in [0.1, 0.15) is 5.56 Å². The lowest BCUT2D eigenvalue weighted by atomic mass is 10.2. The highest BCUT2D eigenvalue weighted by atomic mass is 19.4. The van der Waals surface area contributed by atoms with Gasteiger partial charge in [-0.25, -0.2) is 4.68 Å². The molecule has 0 aliphatic heterocycles. The second-order valence-corrected chi connectivity index (χ2v) is 5.43. The van der Waals surface area contributed by atoms with E-state index in [1.165, 1.54) is 12.1 Å². The Morgan fingerprint density at radius 3 is 2.42 bits per heavy atom. The van der Waals surface area contributed by atoms with Crippen molar-refractivity contribution in [3.8, 4) is 11.4 Å². The van der Waals surface area contributed by atoms with E-state index in [1.807, 2.05) is 30.3 Å². The maximum absolute atomic E-state index is 12.1. The van der Waals surface area contributed by atoms with Crippen LogP contribution in [-0.4, -0.2) is 22.1 Å². The molecule has 0 saturated heterocycles. The molecule has 0 aliphatic carbocycles. The van der Waals surface area contributed by atoms with E-state index in [-0.39, 0.29) is 18.1 Å². The predicted octanol–water partition coefficient (Wildman–Crippen LogP) is 3.95. The Hall–Kier alpha value is -3.29. The highest BCUT2D eigenvalue weighted by Gasteiger charge is 2.30. The van der Waals surface area contributed by atoms with Crippen LogP contribution in [0.25, 0.3) is 5.69 Å². The van der Waals surface area contributed by atoms with Crippen LogP contribution in [0.5, 0.6) is 5.75 Å². The van der Waals surface area contributed by atoms with Crippen LogP contribution in [-0.2, 0) is 11.2 Å². The first-order chi connectivity index (χ1) is 12.4. The molecule has 1 heterocycles. The molecule has 0 unspecified atom stereocenters. The van der Waals surface area contributed by atoms with Crippen LogP contribution in [0.3, 0.4) is 0 Å². The molecule has 8 heteroatoms. The molecule has 2 aromatic carbocycles. The van der Waals surface area contributed by atoms with Gasteiger partial charge in [0.25, 0.3) is 0 Å². The van der Waals surface area contributed by atoms with Gasteiger partial charge in [0.05, 0.1) is 18.3 Å². The number of ether oxygens (including phenoxy) is 1. The normalized spacial score (nSPS) is 11.2. The van der Waals surface area contributed by atoms with Crippen molar-refractivity contribution in [2.75, 3.05) is 5.32 Å². The fourth-order valence-electron chi connectivity index (χ4n) is 2.30. The lowest BCUT2D eigenvalue weighted by Crippen LogP contribution is -2.17. The fraction of sp³-hybridized carbons (Fsp3) is 0.111. The number of carbonyl (C=O) groups is 1.